The van der Waals surface area contributed by atoms with Gasteiger partial charge in [0.15, 0.2) is 0 Å². The summed E-state index contributed by atoms with van der Waals surface area (Å²) in [4.78, 5) is 27.9. The molecule has 2 rings (SSSR count). The van der Waals surface area contributed by atoms with E-state index in [2.05, 4.69) is 5.32 Å². The summed E-state index contributed by atoms with van der Waals surface area (Å²) >= 11 is 12.4. The molecule has 0 heterocycles. The minimum atomic E-state index is -3.79. The molecule has 35 heavy (non-hydrogen) atoms. The van der Waals surface area contributed by atoms with Crippen molar-refractivity contribution in [3.63, 3.8) is 0 Å². The normalized spacial score (nSPS) is 13.1. The Hall–Kier alpha value is -2.29. The highest BCUT2D eigenvalue weighted by Gasteiger charge is 2.31. The molecule has 0 saturated carbocycles. The second-order valence-corrected chi connectivity index (χ2v) is 11.6. The highest BCUT2D eigenvalue weighted by atomic mass is 35.5. The minimum Gasteiger partial charge on any atom is -0.352 e. The van der Waals surface area contributed by atoms with E-state index in [0.717, 1.165) is 28.1 Å². The van der Waals surface area contributed by atoms with Crippen LogP contribution in [0.15, 0.2) is 36.4 Å². The molecule has 0 bridgehead atoms. The topological polar surface area (TPSA) is 86.8 Å². The molecule has 0 spiro atoms. The molecule has 0 aliphatic carbocycles. The van der Waals surface area contributed by atoms with E-state index in [0.29, 0.717) is 21.3 Å². The first-order valence-electron chi connectivity index (χ1n) is 11.3. The van der Waals surface area contributed by atoms with Crippen LogP contribution in [0.1, 0.15) is 43.9 Å². The number of sulfonamides is 1. The first-order chi connectivity index (χ1) is 16.2. The summed E-state index contributed by atoms with van der Waals surface area (Å²) in [6.45, 7) is 8.69. The van der Waals surface area contributed by atoms with Crippen LogP contribution in [0, 0.1) is 13.8 Å². The summed E-state index contributed by atoms with van der Waals surface area (Å²) in [5.74, 6) is -0.873. The largest absolute Gasteiger partial charge is 0.352 e. The SMILES string of the molecule is CC[C@@H](C)NC(=O)[C@@H](C)N(Cc1ccc(Cl)cc1Cl)C(=O)CN(c1cc(C)cc(C)c1)S(C)(=O)=O. The highest BCUT2D eigenvalue weighted by molar-refractivity contribution is 7.92. The van der Waals surface area contributed by atoms with Crippen LogP contribution < -0.4 is 9.62 Å². The van der Waals surface area contributed by atoms with Crippen molar-refractivity contribution in [1.82, 2.24) is 10.2 Å². The molecule has 192 valence electrons. The molecule has 0 aliphatic rings. The number of hydrogen-bond donors (Lipinski definition) is 1. The lowest BCUT2D eigenvalue weighted by Crippen LogP contribution is -2.52. The van der Waals surface area contributed by atoms with Gasteiger partial charge in [-0.25, -0.2) is 8.42 Å². The summed E-state index contributed by atoms with van der Waals surface area (Å²) < 4.78 is 26.4. The van der Waals surface area contributed by atoms with E-state index in [1.807, 2.05) is 33.8 Å². The molecule has 0 saturated heterocycles. The first-order valence-corrected chi connectivity index (χ1v) is 13.9. The Bertz CT molecular complexity index is 1170. The predicted octanol–water partition coefficient (Wildman–Crippen LogP) is 4.71. The quantitative estimate of drug-likeness (QED) is 0.471. The number of amides is 2. The van der Waals surface area contributed by atoms with Gasteiger partial charge in [-0.05, 0) is 75.1 Å². The zero-order chi connectivity index (χ0) is 26.5. The van der Waals surface area contributed by atoms with Crippen LogP contribution in [0.25, 0.3) is 0 Å². The van der Waals surface area contributed by atoms with Gasteiger partial charge in [-0.15, -0.1) is 0 Å². The standard InChI is InChI=1S/C25H33Cl2N3O4S/c1-7-18(4)28-25(32)19(5)29(14-20-8-9-21(26)13-23(20)27)24(31)15-30(35(6,33)34)22-11-16(2)10-17(3)12-22/h8-13,18-19H,7,14-15H2,1-6H3,(H,28,32)/t18-,19-/m1/s1. The molecule has 2 amide bonds. The van der Waals surface area contributed by atoms with Crippen LogP contribution in [0.2, 0.25) is 10.0 Å². The Kier molecular flexibility index (Phi) is 10.0. The van der Waals surface area contributed by atoms with Gasteiger partial charge in [0.25, 0.3) is 0 Å². The average molecular weight is 543 g/mol. The number of rotatable bonds is 10. The lowest BCUT2D eigenvalue weighted by molar-refractivity contribution is -0.139. The van der Waals surface area contributed by atoms with E-state index in [-0.39, 0.29) is 18.5 Å². The molecule has 1 N–H and O–H groups in total. The van der Waals surface area contributed by atoms with Gasteiger partial charge in [0.1, 0.15) is 12.6 Å². The Balaban J connectivity index is 2.45. The number of nitrogens with one attached hydrogen (secondary N) is 1. The third-order valence-electron chi connectivity index (χ3n) is 5.70. The number of anilines is 1. The Morgan fingerprint density at radius 3 is 2.14 bits per heavy atom. The molecule has 10 heteroatoms. The van der Waals surface area contributed by atoms with E-state index < -0.39 is 28.5 Å². The van der Waals surface area contributed by atoms with E-state index in [1.54, 1.807) is 37.3 Å². The van der Waals surface area contributed by atoms with Gasteiger partial charge in [0, 0.05) is 22.6 Å². The Morgan fingerprint density at radius 1 is 1.03 bits per heavy atom. The summed E-state index contributed by atoms with van der Waals surface area (Å²) in [5.41, 5.74) is 2.71. The Morgan fingerprint density at radius 2 is 1.63 bits per heavy atom. The average Bonchev–Trinajstić information content (AvgIpc) is 2.74. The van der Waals surface area contributed by atoms with E-state index in [1.165, 1.54) is 4.90 Å². The van der Waals surface area contributed by atoms with Crippen molar-refractivity contribution in [2.75, 3.05) is 17.1 Å². The molecule has 0 aromatic heterocycles. The van der Waals surface area contributed by atoms with Gasteiger partial charge in [-0.3, -0.25) is 13.9 Å². The van der Waals surface area contributed by atoms with Crippen molar-refractivity contribution in [3.05, 3.63) is 63.1 Å². The number of carbonyl (C=O) groups is 2. The lowest BCUT2D eigenvalue weighted by Gasteiger charge is -2.32. The van der Waals surface area contributed by atoms with E-state index in [9.17, 15) is 18.0 Å². The van der Waals surface area contributed by atoms with Gasteiger partial charge in [-0.2, -0.15) is 0 Å². The number of aryl methyl sites for hydroxylation is 2. The van der Waals surface area contributed by atoms with Gasteiger partial charge in [-0.1, -0.05) is 42.3 Å². The highest BCUT2D eigenvalue weighted by Crippen LogP contribution is 2.25. The third kappa shape index (κ3) is 8.12. The minimum absolute atomic E-state index is 0.00831. The van der Waals surface area contributed by atoms with Crippen LogP contribution in [0.5, 0.6) is 0 Å². The van der Waals surface area contributed by atoms with Crippen molar-refractivity contribution in [1.29, 1.82) is 0 Å². The fourth-order valence-electron chi connectivity index (χ4n) is 3.59. The Labute approximate surface area is 218 Å². The van der Waals surface area contributed by atoms with Crippen molar-refractivity contribution in [2.45, 2.75) is 59.7 Å². The zero-order valence-electron chi connectivity index (χ0n) is 20.9. The molecule has 0 unspecified atom stereocenters. The molecular formula is C25H33Cl2N3O4S. The second-order valence-electron chi connectivity index (χ2n) is 8.87. The predicted molar refractivity (Wildman–Crippen MR) is 142 cm³/mol. The van der Waals surface area contributed by atoms with E-state index >= 15 is 0 Å². The smallest absolute Gasteiger partial charge is 0.244 e. The van der Waals surface area contributed by atoms with Crippen molar-refractivity contribution >= 4 is 50.7 Å². The second kappa shape index (κ2) is 12.1. The molecule has 7 nitrogen and oxygen atoms in total. The maximum absolute atomic E-state index is 13.6. The van der Waals surface area contributed by atoms with Crippen molar-refractivity contribution < 1.29 is 18.0 Å². The summed E-state index contributed by atoms with van der Waals surface area (Å²) in [6, 6.07) is 9.27. The number of halogens is 2. The van der Waals surface area contributed by atoms with Crippen molar-refractivity contribution in [2.24, 2.45) is 0 Å². The molecule has 0 radical (unpaired) electrons. The molecule has 2 aromatic carbocycles. The van der Waals surface area contributed by atoms with E-state index in [4.69, 9.17) is 23.2 Å². The molecule has 2 atom stereocenters. The van der Waals surface area contributed by atoms with Crippen molar-refractivity contribution in [3.8, 4) is 0 Å². The van der Waals surface area contributed by atoms with Gasteiger partial charge < -0.3 is 10.2 Å². The van der Waals surface area contributed by atoms with Crippen LogP contribution in [-0.2, 0) is 26.2 Å². The molecule has 0 aliphatic heterocycles. The third-order valence-corrected chi connectivity index (χ3v) is 7.43. The van der Waals surface area contributed by atoms with Gasteiger partial charge in [0.2, 0.25) is 21.8 Å². The summed E-state index contributed by atoms with van der Waals surface area (Å²) in [6.07, 6.45) is 1.78. The van der Waals surface area contributed by atoms with Gasteiger partial charge >= 0.3 is 0 Å². The summed E-state index contributed by atoms with van der Waals surface area (Å²) in [5, 5.41) is 3.67. The number of hydrogen-bond acceptors (Lipinski definition) is 4. The number of benzene rings is 2. The monoisotopic (exact) mass is 541 g/mol. The zero-order valence-corrected chi connectivity index (χ0v) is 23.3. The van der Waals surface area contributed by atoms with Gasteiger partial charge in [0.05, 0.1) is 11.9 Å². The number of nitrogens with zero attached hydrogens (tertiary/aromatic N) is 2. The fraction of sp³-hybridized carbons (Fsp3) is 0.440. The molecular weight excluding hydrogens is 509 g/mol. The molecule has 0 fully saturated rings. The van der Waals surface area contributed by atoms with Crippen LogP contribution in [0.3, 0.4) is 0 Å². The van der Waals surface area contributed by atoms with Crippen LogP contribution in [-0.4, -0.2) is 50.0 Å². The number of carbonyl (C=O) groups excluding carboxylic acids is 2. The summed E-state index contributed by atoms with van der Waals surface area (Å²) in [7, 11) is -3.79. The maximum atomic E-state index is 13.6. The van der Waals surface area contributed by atoms with Crippen LogP contribution >= 0.6 is 23.2 Å². The first kappa shape index (κ1) is 28.9. The molecule has 2 aromatic rings. The maximum Gasteiger partial charge on any atom is 0.244 e. The van der Waals surface area contributed by atoms with Crippen LogP contribution in [0.4, 0.5) is 5.69 Å². The fourth-order valence-corrected chi connectivity index (χ4v) is 4.89. The lowest BCUT2D eigenvalue weighted by atomic mass is 10.1.